The molecule has 5 aromatic rings. The van der Waals surface area contributed by atoms with Crippen molar-refractivity contribution in [3.63, 3.8) is 0 Å². The first-order valence-corrected chi connectivity index (χ1v) is 9.96. The van der Waals surface area contributed by atoms with Crippen LogP contribution < -0.4 is 4.80 Å². The topological polar surface area (TPSA) is 34.6 Å². The molecule has 144 valence electrons. The highest BCUT2D eigenvalue weighted by molar-refractivity contribution is 5.64. The number of aryl methyl sites for hydroxylation is 1. The van der Waals surface area contributed by atoms with E-state index in [-0.39, 0.29) is 0 Å². The van der Waals surface area contributed by atoms with Crippen LogP contribution in [0.2, 0.25) is 0 Å². The maximum Gasteiger partial charge on any atom is 0.340 e. The summed E-state index contributed by atoms with van der Waals surface area (Å²) >= 11 is 0. The predicted molar refractivity (Wildman–Crippen MR) is 118 cm³/mol. The first kappa shape index (κ1) is 18.0. The fraction of sp³-hybridized carbons (Fsp3) is 0.0385. The Bertz CT molecular complexity index is 1260. The number of benzene rings is 4. The van der Waals surface area contributed by atoms with Gasteiger partial charge in [-0.3, -0.25) is 0 Å². The Balaban J connectivity index is 1.59. The molecule has 0 saturated heterocycles. The van der Waals surface area contributed by atoms with E-state index in [2.05, 4.69) is 55.5 Å². The largest absolute Gasteiger partial charge is 0.340 e. The van der Waals surface area contributed by atoms with Gasteiger partial charge in [0.05, 0.1) is 10.7 Å². The molecule has 4 nitrogen and oxygen atoms in total. The number of rotatable bonds is 4. The Kier molecular flexibility index (Phi) is 4.66. The molecule has 1 heterocycles. The van der Waals surface area contributed by atoms with Crippen molar-refractivity contribution in [1.82, 2.24) is 15.0 Å². The van der Waals surface area contributed by atoms with E-state index >= 15 is 0 Å². The van der Waals surface area contributed by atoms with Crippen LogP contribution in [-0.2, 0) is 0 Å². The lowest BCUT2D eigenvalue weighted by Crippen LogP contribution is -2.43. The Morgan fingerprint density at radius 3 is 1.80 bits per heavy atom. The van der Waals surface area contributed by atoms with E-state index in [1.807, 2.05) is 70.3 Å². The van der Waals surface area contributed by atoms with Crippen molar-refractivity contribution in [2.45, 2.75) is 6.92 Å². The normalized spacial score (nSPS) is 10.8. The minimum Gasteiger partial charge on any atom is -0.0622 e. The lowest BCUT2D eigenvalue weighted by Gasteiger charge is -2.04. The summed E-state index contributed by atoms with van der Waals surface area (Å²) in [7, 11) is 0. The molecule has 4 heteroatoms. The summed E-state index contributed by atoms with van der Waals surface area (Å²) in [4.78, 5) is 3.68. The average molecular weight is 389 g/mol. The molecular formula is C26H21N4+. The predicted octanol–water partition coefficient (Wildman–Crippen LogP) is 5.19. The number of hydrogen-bond donors (Lipinski definition) is 0. The summed E-state index contributed by atoms with van der Waals surface area (Å²) in [5.74, 6) is 0.682. The molecule has 4 aromatic carbocycles. The van der Waals surface area contributed by atoms with Crippen LogP contribution in [0.5, 0.6) is 0 Å². The molecule has 0 atom stereocenters. The lowest BCUT2D eigenvalue weighted by atomic mass is 10.0. The van der Waals surface area contributed by atoms with Gasteiger partial charge in [-0.05, 0) is 76.5 Å². The molecule has 0 bridgehead atoms. The van der Waals surface area contributed by atoms with Gasteiger partial charge in [0.2, 0.25) is 0 Å². The third-order valence-electron chi connectivity index (χ3n) is 5.06. The zero-order valence-corrected chi connectivity index (χ0v) is 16.7. The second-order valence-corrected chi connectivity index (χ2v) is 7.22. The van der Waals surface area contributed by atoms with Crippen molar-refractivity contribution >= 4 is 0 Å². The molecule has 0 aliphatic rings. The first-order chi connectivity index (χ1) is 14.8. The van der Waals surface area contributed by atoms with Crippen molar-refractivity contribution in [3.8, 4) is 33.9 Å². The van der Waals surface area contributed by atoms with Gasteiger partial charge in [-0.1, -0.05) is 66.2 Å². The van der Waals surface area contributed by atoms with Gasteiger partial charge in [-0.2, -0.15) is 0 Å². The van der Waals surface area contributed by atoms with Crippen molar-refractivity contribution < 1.29 is 4.80 Å². The second kappa shape index (κ2) is 7.76. The van der Waals surface area contributed by atoms with Gasteiger partial charge in [0.25, 0.3) is 0 Å². The van der Waals surface area contributed by atoms with Crippen LogP contribution in [-0.4, -0.2) is 15.0 Å². The maximum absolute atomic E-state index is 4.81. The van der Waals surface area contributed by atoms with E-state index in [9.17, 15) is 0 Å². The summed E-state index contributed by atoms with van der Waals surface area (Å²) in [6, 6.07) is 37.1. The van der Waals surface area contributed by atoms with Crippen LogP contribution in [0.3, 0.4) is 0 Å². The standard InChI is InChI=1S/C26H21N4/c1-20-12-14-21(15-13-20)22-16-18-25(19-17-22)30-28-26(23-8-4-2-5-9-23)27-29(30)24-10-6-3-7-11-24/h2-19H,1H3/q+1. The zero-order valence-electron chi connectivity index (χ0n) is 16.7. The van der Waals surface area contributed by atoms with Crippen LogP contribution in [0.4, 0.5) is 0 Å². The molecule has 0 aliphatic carbocycles. The van der Waals surface area contributed by atoms with E-state index in [0.29, 0.717) is 5.82 Å². The molecule has 0 saturated carbocycles. The van der Waals surface area contributed by atoms with Gasteiger partial charge in [0.1, 0.15) is 5.69 Å². The summed E-state index contributed by atoms with van der Waals surface area (Å²) in [6.45, 7) is 2.10. The molecule has 1 aromatic heterocycles. The van der Waals surface area contributed by atoms with Gasteiger partial charge < -0.3 is 0 Å². The maximum atomic E-state index is 4.81. The summed E-state index contributed by atoms with van der Waals surface area (Å²) < 4.78 is 0. The fourth-order valence-corrected chi connectivity index (χ4v) is 3.42. The highest BCUT2D eigenvalue weighted by atomic mass is 15.7. The average Bonchev–Trinajstić information content (AvgIpc) is 3.27. The molecule has 0 radical (unpaired) electrons. The fourth-order valence-electron chi connectivity index (χ4n) is 3.42. The Hall–Kier alpha value is -4.05. The summed E-state index contributed by atoms with van der Waals surface area (Å²) in [5.41, 5.74) is 6.52. The lowest BCUT2D eigenvalue weighted by molar-refractivity contribution is -0.734. The number of tetrazole rings is 1. The Morgan fingerprint density at radius 2 is 1.17 bits per heavy atom. The number of hydrogen-bond acceptors (Lipinski definition) is 2. The summed E-state index contributed by atoms with van der Waals surface area (Å²) in [5, 5.41) is 9.60. The molecule has 0 aliphatic heterocycles. The highest BCUT2D eigenvalue weighted by Gasteiger charge is 2.23. The number of nitrogens with zero attached hydrogens (tertiary/aromatic N) is 4. The summed E-state index contributed by atoms with van der Waals surface area (Å²) in [6.07, 6.45) is 0. The molecule has 0 N–H and O–H groups in total. The van der Waals surface area contributed by atoms with Crippen molar-refractivity contribution in [3.05, 3.63) is 115 Å². The molecule has 0 unspecified atom stereocenters. The second-order valence-electron chi connectivity index (χ2n) is 7.22. The zero-order chi connectivity index (χ0) is 20.3. The minimum atomic E-state index is 0.682. The quantitative estimate of drug-likeness (QED) is 0.397. The molecule has 5 rings (SSSR count). The van der Waals surface area contributed by atoms with Crippen LogP contribution in [0, 0.1) is 6.92 Å². The first-order valence-electron chi connectivity index (χ1n) is 9.96. The van der Waals surface area contributed by atoms with Crippen molar-refractivity contribution in [1.29, 1.82) is 0 Å². The van der Waals surface area contributed by atoms with Crippen LogP contribution >= 0.6 is 0 Å². The van der Waals surface area contributed by atoms with Gasteiger partial charge >= 0.3 is 5.82 Å². The van der Waals surface area contributed by atoms with E-state index in [0.717, 1.165) is 16.9 Å². The van der Waals surface area contributed by atoms with Gasteiger partial charge in [0, 0.05) is 4.80 Å². The molecule has 0 amide bonds. The van der Waals surface area contributed by atoms with Crippen molar-refractivity contribution in [2.24, 2.45) is 0 Å². The van der Waals surface area contributed by atoms with Gasteiger partial charge in [-0.25, -0.2) is 0 Å². The minimum absolute atomic E-state index is 0.682. The molecular weight excluding hydrogens is 368 g/mol. The highest BCUT2D eigenvalue weighted by Crippen LogP contribution is 2.21. The van der Waals surface area contributed by atoms with Crippen LogP contribution in [0.25, 0.3) is 33.9 Å². The number of aromatic nitrogens is 4. The smallest absolute Gasteiger partial charge is 0.0622 e. The SMILES string of the molecule is Cc1ccc(-c2ccc(-[n+]3nc(-c4ccccc4)nn3-c3ccccc3)cc2)cc1. The van der Waals surface area contributed by atoms with Gasteiger partial charge in [0.15, 0.2) is 5.69 Å². The monoisotopic (exact) mass is 389 g/mol. The Labute approximate surface area is 175 Å². The number of para-hydroxylation sites is 1. The van der Waals surface area contributed by atoms with E-state index in [4.69, 9.17) is 10.2 Å². The van der Waals surface area contributed by atoms with Crippen LogP contribution in [0.15, 0.2) is 109 Å². The molecule has 0 fully saturated rings. The third-order valence-corrected chi connectivity index (χ3v) is 5.06. The van der Waals surface area contributed by atoms with E-state index in [1.165, 1.54) is 16.7 Å². The molecule has 30 heavy (non-hydrogen) atoms. The molecule has 0 spiro atoms. The van der Waals surface area contributed by atoms with E-state index in [1.54, 1.807) is 0 Å². The van der Waals surface area contributed by atoms with Gasteiger partial charge in [-0.15, -0.1) is 0 Å². The van der Waals surface area contributed by atoms with Crippen LogP contribution in [0.1, 0.15) is 5.56 Å². The third kappa shape index (κ3) is 3.51. The van der Waals surface area contributed by atoms with Crippen molar-refractivity contribution in [2.75, 3.05) is 0 Å². The Morgan fingerprint density at radius 1 is 0.600 bits per heavy atom. The van der Waals surface area contributed by atoms with E-state index < -0.39 is 0 Å².